The van der Waals surface area contributed by atoms with Crippen LogP contribution in [0.15, 0.2) is 48.5 Å². The van der Waals surface area contributed by atoms with Gasteiger partial charge in [0, 0.05) is 28.6 Å². The molecule has 0 aliphatic heterocycles. The SMILES string of the molecule is CCC(=O)Oc1ccc(P(=O)(c2ccc(OC(=O)CC)cc2)C(C)(C)C)cc1. The predicted molar refractivity (Wildman–Crippen MR) is 111 cm³/mol. The lowest BCUT2D eigenvalue weighted by atomic mass is 10.2. The van der Waals surface area contributed by atoms with Crippen molar-refractivity contribution in [2.45, 2.75) is 52.6 Å². The molecule has 28 heavy (non-hydrogen) atoms. The summed E-state index contributed by atoms with van der Waals surface area (Å²) < 4.78 is 24.6. The van der Waals surface area contributed by atoms with Gasteiger partial charge in [0.1, 0.15) is 18.6 Å². The third kappa shape index (κ3) is 4.71. The molecule has 0 saturated heterocycles. The van der Waals surface area contributed by atoms with E-state index in [-0.39, 0.29) is 24.8 Å². The third-order valence-corrected chi connectivity index (χ3v) is 8.33. The van der Waals surface area contributed by atoms with Crippen molar-refractivity contribution in [1.29, 1.82) is 0 Å². The van der Waals surface area contributed by atoms with Gasteiger partial charge >= 0.3 is 11.9 Å². The molecule has 0 aliphatic rings. The van der Waals surface area contributed by atoms with Crippen molar-refractivity contribution in [2.75, 3.05) is 0 Å². The van der Waals surface area contributed by atoms with E-state index in [2.05, 4.69) is 0 Å². The molecular weight excluding hydrogens is 375 g/mol. The Morgan fingerprint density at radius 3 is 1.32 bits per heavy atom. The number of rotatable bonds is 6. The van der Waals surface area contributed by atoms with Crippen LogP contribution < -0.4 is 20.1 Å². The van der Waals surface area contributed by atoms with Gasteiger partial charge in [0.05, 0.1) is 0 Å². The Kier molecular flexibility index (Phi) is 6.84. The van der Waals surface area contributed by atoms with Gasteiger partial charge in [0.2, 0.25) is 0 Å². The quantitative estimate of drug-likeness (QED) is 0.406. The van der Waals surface area contributed by atoms with Gasteiger partial charge in [-0.3, -0.25) is 9.59 Å². The van der Waals surface area contributed by atoms with Crippen LogP contribution in [0, 0.1) is 0 Å². The fraction of sp³-hybridized carbons (Fsp3) is 0.364. The monoisotopic (exact) mass is 402 g/mol. The number of carbonyl (C=O) groups is 2. The number of hydrogen-bond donors (Lipinski definition) is 0. The molecule has 2 rings (SSSR count). The minimum absolute atomic E-state index is 0.289. The molecule has 0 spiro atoms. The van der Waals surface area contributed by atoms with E-state index in [0.29, 0.717) is 22.1 Å². The molecule has 0 amide bonds. The van der Waals surface area contributed by atoms with Crippen molar-refractivity contribution < 1.29 is 23.6 Å². The van der Waals surface area contributed by atoms with Crippen LogP contribution in [0.25, 0.3) is 0 Å². The van der Waals surface area contributed by atoms with Crippen molar-refractivity contribution in [3.05, 3.63) is 48.5 Å². The Balaban J connectivity index is 2.41. The van der Waals surface area contributed by atoms with Crippen LogP contribution in [0.4, 0.5) is 0 Å². The van der Waals surface area contributed by atoms with Gasteiger partial charge in [-0.25, -0.2) is 0 Å². The van der Waals surface area contributed by atoms with E-state index in [1.165, 1.54) is 0 Å². The summed E-state index contributed by atoms with van der Waals surface area (Å²) in [5.41, 5.74) is 0. The number of ether oxygens (including phenoxy) is 2. The summed E-state index contributed by atoms with van der Waals surface area (Å²) in [6.07, 6.45) is 0.578. The van der Waals surface area contributed by atoms with Crippen LogP contribution in [0.2, 0.25) is 0 Å². The van der Waals surface area contributed by atoms with E-state index in [1.54, 1.807) is 62.4 Å². The number of benzene rings is 2. The number of hydrogen-bond acceptors (Lipinski definition) is 5. The first-order valence-corrected chi connectivity index (χ1v) is 11.0. The highest BCUT2D eigenvalue weighted by molar-refractivity contribution is 7.80. The fourth-order valence-corrected chi connectivity index (χ4v) is 5.76. The maximum absolute atomic E-state index is 14.2. The normalized spacial score (nSPS) is 11.8. The Labute approximate surface area is 166 Å². The summed E-state index contributed by atoms with van der Waals surface area (Å²) in [6, 6.07) is 13.6. The van der Waals surface area contributed by atoms with E-state index in [4.69, 9.17) is 9.47 Å². The van der Waals surface area contributed by atoms with Gasteiger partial charge in [-0.1, -0.05) is 34.6 Å². The molecule has 0 N–H and O–H groups in total. The fourth-order valence-electron chi connectivity index (χ4n) is 2.78. The molecule has 0 unspecified atom stereocenters. The molecule has 0 saturated carbocycles. The zero-order chi connectivity index (χ0) is 20.9. The summed E-state index contributed by atoms with van der Waals surface area (Å²) >= 11 is 0. The van der Waals surface area contributed by atoms with Crippen LogP contribution in [-0.2, 0) is 14.2 Å². The minimum Gasteiger partial charge on any atom is -0.427 e. The van der Waals surface area contributed by atoms with Crippen molar-refractivity contribution in [3.63, 3.8) is 0 Å². The second kappa shape index (κ2) is 8.74. The zero-order valence-corrected chi connectivity index (χ0v) is 17.9. The van der Waals surface area contributed by atoms with Gasteiger partial charge in [-0.05, 0) is 48.5 Å². The van der Waals surface area contributed by atoms with Crippen molar-refractivity contribution in [3.8, 4) is 11.5 Å². The zero-order valence-electron chi connectivity index (χ0n) is 17.0. The second-order valence-electron chi connectivity index (χ2n) is 7.42. The molecule has 150 valence electrons. The molecule has 0 aliphatic carbocycles. The molecule has 2 aromatic rings. The highest BCUT2D eigenvalue weighted by Gasteiger charge is 2.39. The van der Waals surface area contributed by atoms with Crippen LogP contribution in [0.3, 0.4) is 0 Å². The van der Waals surface area contributed by atoms with Gasteiger partial charge in [0.15, 0.2) is 0 Å². The summed E-state index contributed by atoms with van der Waals surface area (Å²) in [7, 11) is -3.01. The van der Waals surface area contributed by atoms with E-state index < -0.39 is 12.3 Å². The maximum atomic E-state index is 14.2. The summed E-state index contributed by atoms with van der Waals surface area (Å²) in [5, 5.41) is 0.820. The summed E-state index contributed by atoms with van der Waals surface area (Å²) in [5.74, 6) is 0.226. The molecular formula is C22H27O5P. The summed E-state index contributed by atoms with van der Waals surface area (Å²) in [4.78, 5) is 22.9. The van der Waals surface area contributed by atoms with Crippen molar-refractivity contribution in [1.82, 2.24) is 0 Å². The molecule has 0 fully saturated rings. The molecule has 6 heteroatoms. The van der Waals surface area contributed by atoms with E-state index in [1.807, 2.05) is 20.8 Å². The van der Waals surface area contributed by atoms with Gasteiger partial charge in [0.25, 0.3) is 0 Å². The largest absolute Gasteiger partial charge is 0.427 e. The first-order valence-electron chi connectivity index (χ1n) is 9.34. The topological polar surface area (TPSA) is 69.7 Å². The Morgan fingerprint density at radius 2 is 1.07 bits per heavy atom. The molecule has 0 radical (unpaired) electrons. The molecule has 5 nitrogen and oxygen atoms in total. The third-order valence-electron chi connectivity index (χ3n) is 4.39. The number of carbonyl (C=O) groups excluding carboxylic acids is 2. The standard InChI is InChI=1S/C22H27O5P/c1-6-20(23)26-16-8-12-18(13-9-16)28(25,22(3,4)5)19-14-10-17(11-15-19)27-21(24)7-2/h8-15H,6-7H2,1-5H3. The first kappa shape index (κ1) is 21.9. The molecule has 0 heterocycles. The molecule has 0 aromatic heterocycles. The van der Waals surface area contributed by atoms with E-state index >= 15 is 0 Å². The van der Waals surface area contributed by atoms with Crippen molar-refractivity contribution in [2.24, 2.45) is 0 Å². The predicted octanol–water partition coefficient (Wildman–Crippen LogP) is 4.43. The second-order valence-corrected chi connectivity index (χ2v) is 11.0. The smallest absolute Gasteiger partial charge is 0.310 e. The highest BCUT2D eigenvalue weighted by atomic mass is 31.2. The first-order chi connectivity index (χ1) is 13.1. The number of esters is 2. The van der Waals surface area contributed by atoms with Gasteiger partial charge < -0.3 is 14.0 Å². The molecule has 0 atom stereocenters. The van der Waals surface area contributed by atoms with Crippen LogP contribution >= 0.6 is 7.14 Å². The maximum Gasteiger partial charge on any atom is 0.310 e. The Hall–Kier alpha value is -2.39. The van der Waals surface area contributed by atoms with Gasteiger partial charge in [-0.2, -0.15) is 0 Å². The van der Waals surface area contributed by atoms with Gasteiger partial charge in [-0.15, -0.1) is 0 Å². The lowest BCUT2D eigenvalue weighted by Crippen LogP contribution is -2.30. The molecule has 2 aromatic carbocycles. The summed E-state index contributed by atoms with van der Waals surface area (Å²) in [6.45, 7) is 9.26. The van der Waals surface area contributed by atoms with Crippen LogP contribution in [0.1, 0.15) is 47.5 Å². The average molecular weight is 402 g/mol. The van der Waals surface area contributed by atoms with E-state index in [0.717, 1.165) is 0 Å². The molecule has 0 bridgehead atoms. The highest BCUT2D eigenvalue weighted by Crippen LogP contribution is 2.55. The minimum atomic E-state index is -3.01. The van der Waals surface area contributed by atoms with Crippen molar-refractivity contribution >= 4 is 29.7 Å². The Bertz CT molecular complexity index is 811. The average Bonchev–Trinajstić information content (AvgIpc) is 2.67. The Morgan fingerprint density at radius 1 is 0.750 bits per heavy atom. The lowest BCUT2D eigenvalue weighted by Gasteiger charge is -2.32. The van der Waals surface area contributed by atoms with Crippen LogP contribution in [0.5, 0.6) is 11.5 Å². The van der Waals surface area contributed by atoms with Crippen LogP contribution in [-0.4, -0.2) is 17.1 Å². The lowest BCUT2D eigenvalue weighted by molar-refractivity contribution is -0.134. The van der Waals surface area contributed by atoms with E-state index in [9.17, 15) is 14.2 Å².